The molecule has 1 rings (SSSR count). The first-order valence-electron chi connectivity index (χ1n) is 6.57. The van der Waals surface area contributed by atoms with Crippen molar-refractivity contribution in [2.75, 3.05) is 19.1 Å². The second-order valence-corrected chi connectivity index (χ2v) is 9.06. The van der Waals surface area contributed by atoms with Gasteiger partial charge in [0.25, 0.3) is 0 Å². The maximum Gasteiger partial charge on any atom is 0.243 e. The number of nitrogens with zero attached hydrogens (tertiary/aromatic N) is 1. The number of sulfonamides is 1. The molecule has 0 amide bonds. The normalized spacial score (nSPS) is 13.7. The minimum atomic E-state index is -3.52. The highest BCUT2D eigenvalue weighted by Crippen LogP contribution is 2.29. The number of hydrogen-bond donors (Lipinski definition) is 0. The molecule has 7 heteroatoms. The van der Waals surface area contributed by atoms with Gasteiger partial charge < -0.3 is 0 Å². The lowest BCUT2D eigenvalue weighted by atomic mass is 10.2. The topological polar surface area (TPSA) is 37.4 Å². The van der Waals surface area contributed by atoms with Crippen molar-refractivity contribution < 1.29 is 8.42 Å². The van der Waals surface area contributed by atoms with Gasteiger partial charge >= 0.3 is 0 Å². The minimum absolute atomic E-state index is 0.0414. The Morgan fingerprint density at radius 1 is 1.43 bits per heavy atom. The molecule has 0 bridgehead atoms. The van der Waals surface area contributed by atoms with Crippen LogP contribution in [-0.4, -0.2) is 37.8 Å². The first kappa shape index (κ1) is 19.3. The fourth-order valence-electron chi connectivity index (χ4n) is 1.91. The third-order valence-corrected chi connectivity index (χ3v) is 7.40. The monoisotopic (exact) mass is 413 g/mol. The molecule has 3 nitrogen and oxygen atoms in total. The van der Waals surface area contributed by atoms with Crippen LogP contribution >= 0.6 is 39.3 Å². The molecule has 1 aromatic carbocycles. The zero-order valence-corrected chi connectivity index (χ0v) is 16.7. The molecule has 21 heavy (non-hydrogen) atoms. The summed E-state index contributed by atoms with van der Waals surface area (Å²) in [5.74, 6) is 1.22. The van der Waals surface area contributed by atoms with Crippen LogP contribution < -0.4 is 0 Å². The second-order valence-electron chi connectivity index (χ2n) is 4.99. The van der Waals surface area contributed by atoms with Gasteiger partial charge in [-0.15, -0.1) is 11.6 Å². The maximum atomic E-state index is 12.8. The number of thioether (sulfide) groups is 1. The van der Waals surface area contributed by atoms with E-state index in [-0.39, 0.29) is 11.9 Å². The molecule has 0 aliphatic rings. The molecule has 0 spiro atoms. The summed E-state index contributed by atoms with van der Waals surface area (Å²) >= 11 is 11.0. The lowest BCUT2D eigenvalue weighted by Gasteiger charge is -2.25. The summed E-state index contributed by atoms with van der Waals surface area (Å²) in [6, 6.07) is 3.49. The predicted octanol–water partition coefficient (Wildman–Crippen LogP) is 4.26. The Hall–Kier alpha value is 0.250. The van der Waals surface area contributed by atoms with E-state index in [9.17, 15) is 8.42 Å². The number of rotatable bonds is 7. The molecule has 0 aliphatic heterocycles. The van der Waals surface area contributed by atoms with Crippen molar-refractivity contribution in [2.24, 2.45) is 0 Å². The van der Waals surface area contributed by atoms with Crippen LogP contribution in [0.25, 0.3) is 0 Å². The summed E-state index contributed by atoms with van der Waals surface area (Å²) in [7, 11) is -1.88. The van der Waals surface area contributed by atoms with Crippen molar-refractivity contribution in [3.63, 3.8) is 0 Å². The molecule has 0 N–H and O–H groups in total. The first-order valence-corrected chi connectivity index (χ1v) is 10.7. The van der Waals surface area contributed by atoms with E-state index < -0.39 is 10.0 Å². The molecule has 120 valence electrons. The van der Waals surface area contributed by atoms with Gasteiger partial charge in [-0.2, -0.15) is 16.1 Å². The largest absolute Gasteiger partial charge is 0.243 e. The van der Waals surface area contributed by atoms with E-state index >= 15 is 0 Å². The van der Waals surface area contributed by atoms with E-state index in [0.29, 0.717) is 10.5 Å². The van der Waals surface area contributed by atoms with Crippen LogP contribution in [0.5, 0.6) is 0 Å². The van der Waals surface area contributed by atoms with E-state index in [0.717, 1.165) is 22.2 Å². The van der Waals surface area contributed by atoms with E-state index in [1.165, 1.54) is 4.31 Å². The van der Waals surface area contributed by atoms with Crippen LogP contribution in [-0.2, 0) is 15.9 Å². The van der Waals surface area contributed by atoms with Crippen molar-refractivity contribution in [3.8, 4) is 0 Å². The van der Waals surface area contributed by atoms with Gasteiger partial charge in [0.1, 0.15) is 0 Å². The molecule has 0 aliphatic carbocycles. The third kappa shape index (κ3) is 4.61. The number of halogens is 2. The summed E-state index contributed by atoms with van der Waals surface area (Å²) < 4.78 is 27.9. The summed E-state index contributed by atoms with van der Waals surface area (Å²) in [6.07, 6.45) is 2.85. The average molecular weight is 415 g/mol. The maximum absolute atomic E-state index is 12.8. The molecule has 1 aromatic rings. The summed E-state index contributed by atoms with van der Waals surface area (Å²) in [4.78, 5) is 0.325. The van der Waals surface area contributed by atoms with Gasteiger partial charge in [-0.25, -0.2) is 8.42 Å². The summed E-state index contributed by atoms with van der Waals surface area (Å²) in [5, 5.41) is 0. The molecule has 0 aromatic heterocycles. The SMILES string of the molecule is CSCCC(C)N(C)S(=O)(=O)c1cc(CCl)cc(Br)c1C. The van der Waals surface area contributed by atoms with E-state index in [4.69, 9.17) is 11.6 Å². The van der Waals surface area contributed by atoms with Crippen LogP contribution in [0.1, 0.15) is 24.5 Å². The Kier molecular flexibility index (Phi) is 7.54. The Morgan fingerprint density at radius 3 is 2.57 bits per heavy atom. The Labute approximate surface area is 145 Å². The van der Waals surface area contributed by atoms with Crippen molar-refractivity contribution in [1.82, 2.24) is 4.31 Å². The van der Waals surface area contributed by atoms with Crippen LogP contribution in [0, 0.1) is 6.92 Å². The predicted molar refractivity (Wildman–Crippen MR) is 95.8 cm³/mol. The minimum Gasteiger partial charge on any atom is -0.207 e. The molecular weight excluding hydrogens is 394 g/mol. The van der Waals surface area contributed by atoms with Crippen molar-refractivity contribution in [3.05, 3.63) is 27.7 Å². The van der Waals surface area contributed by atoms with Crippen molar-refractivity contribution >= 4 is 49.3 Å². The lowest BCUT2D eigenvalue weighted by molar-refractivity contribution is 0.382. The van der Waals surface area contributed by atoms with Gasteiger partial charge in [0, 0.05) is 23.4 Å². The van der Waals surface area contributed by atoms with E-state index in [1.54, 1.807) is 31.8 Å². The highest BCUT2D eigenvalue weighted by molar-refractivity contribution is 9.10. The molecule has 1 atom stereocenters. The molecule has 0 fully saturated rings. The highest BCUT2D eigenvalue weighted by Gasteiger charge is 2.27. The lowest BCUT2D eigenvalue weighted by Crippen LogP contribution is -2.35. The first-order chi connectivity index (χ1) is 9.75. The number of hydrogen-bond acceptors (Lipinski definition) is 3. The van der Waals surface area contributed by atoms with Crippen LogP contribution in [0.15, 0.2) is 21.5 Å². The molecule has 1 unspecified atom stereocenters. The van der Waals surface area contributed by atoms with E-state index in [1.807, 2.05) is 19.2 Å². The standard InChI is InChI=1S/C14H21BrClNO2S2/c1-10(5-6-20-4)17(3)21(18,19)14-8-12(9-16)7-13(15)11(14)2/h7-8,10H,5-6,9H2,1-4H3. The van der Waals surface area contributed by atoms with Gasteiger partial charge in [-0.3, -0.25) is 0 Å². The van der Waals surface area contributed by atoms with Gasteiger partial charge in [-0.1, -0.05) is 15.9 Å². The van der Waals surface area contributed by atoms with Crippen molar-refractivity contribution in [1.29, 1.82) is 0 Å². The van der Waals surface area contributed by atoms with Gasteiger partial charge in [-0.05, 0) is 55.5 Å². The molecular formula is C14H21BrClNO2S2. The zero-order chi connectivity index (χ0) is 16.2. The Morgan fingerprint density at radius 2 is 2.05 bits per heavy atom. The highest BCUT2D eigenvalue weighted by atomic mass is 79.9. The number of benzene rings is 1. The Balaban J connectivity index is 3.21. The summed E-state index contributed by atoms with van der Waals surface area (Å²) in [5.41, 5.74) is 1.51. The smallest absolute Gasteiger partial charge is 0.207 e. The van der Waals surface area contributed by atoms with Crippen LogP contribution in [0.3, 0.4) is 0 Å². The van der Waals surface area contributed by atoms with Gasteiger partial charge in [0.15, 0.2) is 0 Å². The molecule has 0 radical (unpaired) electrons. The second kappa shape index (κ2) is 8.20. The molecule has 0 heterocycles. The average Bonchev–Trinajstić information content (AvgIpc) is 2.46. The molecule has 0 saturated carbocycles. The quantitative estimate of drug-likeness (QED) is 0.626. The Bertz CT molecular complexity index is 593. The number of alkyl halides is 1. The zero-order valence-electron chi connectivity index (χ0n) is 12.7. The molecule has 0 saturated heterocycles. The van der Waals surface area contributed by atoms with Crippen LogP contribution in [0.2, 0.25) is 0 Å². The van der Waals surface area contributed by atoms with Gasteiger partial charge in [0.05, 0.1) is 4.90 Å². The summed E-state index contributed by atoms with van der Waals surface area (Å²) in [6.45, 7) is 3.74. The fraction of sp³-hybridized carbons (Fsp3) is 0.571. The van der Waals surface area contributed by atoms with Gasteiger partial charge in [0.2, 0.25) is 10.0 Å². The van der Waals surface area contributed by atoms with E-state index in [2.05, 4.69) is 15.9 Å². The third-order valence-electron chi connectivity index (χ3n) is 3.53. The van der Waals surface area contributed by atoms with Crippen LogP contribution in [0.4, 0.5) is 0 Å². The fourth-order valence-corrected chi connectivity index (χ4v) is 4.97. The van der Waals surface area contributed by atoms with Crippen molar-refractivity contribution in [2.45, 2.75) is 37.1 Å².